The Morgan fingerprint density at radius 1 is 1.12 bits per heavy atom. The van der Waals surface area contributed by atoms with Crippen molar-refractivity contribution in [2.45, 2.75) is 71.6 Å². The van der Waals surface area contributed by atoms with Gasteiger partial charge in [0.2, 0.25) is 0 Å². The molecule has 4 rings (SSSR count). The Morgan fingerprint density at radius 3 is 2.75 bits per heavy atom. The molecule has 1 N–H and O–H groups in total. The summed E-state index contributed by atoms with van der Waals surface area (Å²) in [7, 11) is 1.66. The smallest absolute Gasteiger partial charge is 0.352 e. The molecule has 3 heteroatoms. The molecule has 0 radical (unpaired) electrons. The van der Waals surface area contributed by atoms with E-state index in [4.69, 9.17) is 4.84 Å². The van der Waals surface area contributed by atoms with Crippen LogP contribution in [0.5, 0.6) is 0 Å². The second kappa shape index (κ2) is 5.86. The molecule has 0 bridgehead atoms. The molecule has 4 aliphatic carbocycles. The highest BCUT2D eigenvalue weighted by molar-refractivity contribution is 5.90. The van der Waals surface area contributed by atoms with Gasteiger partial charge in [0.05, 0.1) is 0 Å². The number of hydroxylamine groups is 1. The molecule has 0 aromatic heterocycles. The topological polar surface area (TPSA) is 38.3 Å². The summed E-state index contributed by atoms with van der Waals surface area (Å²) >= 11 is 0. The van der Waals surface area contributed by atoms with E-state index in [9.17, 15) is 4.79 Å². The highest BCUT2D eigenvalue weighted by atomic mass is 16.7. The van der Waals surface area contributed by atoms with Gasteiger partial charge >= 0.3 is 5.97 Å². The van der Waals surface area contributed by atoms with Gasteiger partial charge in [-0.25, -0.2) is 4.79 Å². The number of fused-ring (bicyclic) bond motifs is 5. The van der Waals surface area contributed by atoms with Crippen molar-refractivity contribution in [1.29, 1.82) is 0 Å². The first kappa shape index (κ1) is 16.6. The standard InChI is InChI=1S/C21H33NO2/c1-20-12-5-4-6-14(20)7-8-15-16-9-10-18(19(23)24-22-3)21(16,2)13-11-17(15)20/h10,14-17,22H,4-9,11-13H2,1-3H3/t14?,15-,16-,17-,20-,21-/m0/s1. The summed E-state index contributed by atoms with van der Waals surface area (Å²) in [6, 6.07) is 0. The van der Waals surface area contributed by atoms with Gasteiger partial charge in [-0.15, -0.1) is 0 Å². The molecule has 3 fully saturated rings. The van der Waals surface area contributed by atoms with Crippen molar-refractivity contribution in [2.24, 2.45) is 34.5 Å². The van der Waals surface area contributed by atoms with Crippen LogP contribution in [0.3, 0.4) is 0 Å². The van der Waals surface area contributed by atoms with E-state index in [0.29, 0.717) is 11.3 Å². The Morgan fingerprint density at radius 2 is 1.96 bits per heavy atom. The molecule has 0 spiro atoms. The van der Waals surface area contributed by atoms with Crippen molar-refractivity contribution in [3.05, 3.63) is 11.6 Å². The molecule has 0 saturated heterocycles. The summed E-state index contributed by atoms with van der Waals surface area (Å²) in [6.45, 7) is 4.94. The maximum absolute atomic E-state index is 12.4. The Bertz CT molecular complexity index is 556. The van der Waals surface area contributed by atoms with E-state index in [1.807, 2.05) is 0 Å². The van der Waals surface area contributed by atoms with Gasteiger partial charge in [-0.3, -0.25) is 0 Å². The average molecular weight is 332 g/mol. The van der Waals surface area contributed by atoms with Gasteiger partial charge in [0, 0.05) is 18.0 Å². The first-order valence-electron chi connectivity index (χ1n) is 10.1. The van der Waals surface area contributed by atoms with Gasteiger partial charge < -0.3 is 4.84 Å². The molecular weight excluding hydrogens is 298 g/mol. The third-order valence-electron chi connectivity index (χ3n) is 8.58. The van der Waals surface area contributed by atoms with Crippen LogP contribution in [-0.2, 0) is 9.63 Å². The Kier molecular flexibility index (Phi) is 4.06. The minimum atomic E-state index is -0.154. The Hall–Kier alpha value is -0.830. The fourth-order valence-electron chi connectivity index (χ4n) is 7.33. The summed E-state index contributed by atoms with van der Waals surface area (Å²) in [5.41, 5.74) is 4.11. The third kappa shape index (κ3) is 2.23. The van der Waals surface area contributed by atoms with Gasteiger partial charge in [0.1, 0.15) is 0 Å². The van der Waals surface area contributed by atoms with Gasteiger partial charge in [-0.1, -0.05) is 32.8 Å². The van der Waals surface area contributed by atoms with E-state index in [2.05, 4.69) is 25.4 Å². The van der Waals surface area contributed by atoms with Crippen LogP contribution in [0.4, 0.5) is 0 Å². The lowest BCUT2D eigenvalue weighted by Crippen LogP contribution is -2.52. The van der Waals surface area contributed by atoms with Crippen LogP contribution in [-0.4, -0.2) is 13.0 Å². The minimum Gasteiger partial charge on any atom is -0.367 e. The average Bonchev–Trinajstić information content (AvgIpc) is 2.92. The summed E-state index contributed by atoms with van der Waals surface area (Å²) in [6.07, 6.45) is 14.3. The van der Waals surface area contributed by atoms with Crippen LogP contribution in [0.1, 0.15) is 71.6 Å². The number of carbonyl (C=O) groups is 1. The first-order chi connectivity index (χ1) is 11.5. The molecule has 0 aromatic carbocycles. The number of carbonyl (C=O) groups excluding carboxylic acids is 1. The molecule has 24 heavy (non-hydrogen) atoms. The van der Waals surface area contributed by atoms with E-state index < -0.39 is 0 Å². The predicted molar refractivity (Wildman–Crippen MR) is 95.0 cm³/mol. The van der Waals surface area contributed by atoms with E-state index in [-0.39, 0.29) is 11.4 Å². The highest BCUT2D eigenvalue weighted by Crippen LogP contribution is 2.66. The molecule has 3 saturated carbocycles. The monoisotopic (exact) mass is 331 g/mol. The van der Waals surface area contributed by atoms with Crippen molar-refractivity contribution in [3.8, 4) is 0 Å². The zero-order valence-electron chi connectivity index (χ0n) is 15.6. The molecular formula is C21H33NO2. The van der Waals surface area contributed by atoms with Crippen LogP contribution in [0.15, 0.2) is 11.6 Å². The lowest BCUT2D eigenvalue weighted by Gasteiger charge is -2.60. The number of nitrogens with one attached hydrogen (secondary N) is 1. The molecule has 0 heterocycles. The first-order valence-corrected chi connectivity index (χ1v) is 10.1. The fourth-order valence-corrected chi connectivity index (χ4v) is 7.33. The second-order valence-corrected chi connectivity index (χ2v) is 9.31. The van der Waals surface area contributed by atoms with Gasteiger partial charge in [-0.2, -0.15) is 5.48 Å². The van der Waals surface area contributed by atoms with E-state index in [0.717, 1.165) is 36.2 Å². The molecule has 0 amide bonds. The van der Waals surface area contributed by atoms with Crippen molar-refractivity contribution in [1.82, 2.24) is 5.48 Å². The lowest BCUT2D eigenvalue weighted by molar-refractivity contribution is -0.148. The summed E-state index contributed by atoms with van der Waals surface area (Å²) in [4.78, 5) is 17.5. The van der Waals surface area contributed by atoms with E-state index >= 15 is 0 Å². The number of hydrogen-bond donors (Lipinski definition) is 1. The minimum absolute atomic E-state index is 0.0347. The zero-order valence-corrected chi connectivity index (χ0v) is 15.6. The second-order valence-electron chi connectivity index (χ2n) is 9.31. The summed E-state index contributed by atoms with van der Waals surface area (Å²) in [5, 5.41) is 0. The molecule has 4 aliphatic rings. The lowest BCUT2D eigenvalue weighted by atomic mass is 9.45. The molecule has 1 unspecified atom stereocenters. The van der Waals surface area contributed by atoms with Crippen molar-refractivity contribution in [2.75, 3.05) is 7.05 Å². The Labute approximate surface area is 146 Å². The van der Waals surface area contributed by atoms with Crippen LogP contribution < -0.4 is 5.48 Å². The SMILES string of the molecule is CNOC(=O)C1=CC[C@H]2[C@@H]3CCC4CCCC[C@]4(C)[C@H]3CC[C@]12C. The number of allylic oxidation sites excluding steroid dienone is 1. The normalized spacial score (nSPS) is 47.2. The number of rotatable bonds is 2. The van der Waals surface area contributed by atoms with Crippen LogP contribution in [0.2, 0.25) is 0 Å². The molecule has 3 nitrogen and oxygen atoms in total. The van der Waals surface area contributed by atoms with Gasteiger partial charge in [0.25, 0.3) is 0 Å². The molecule has 134 valence electrons. The van der Waals surface area contributed by atoms with Crippen LogP contribution in [0.25, 0.3) is 0 Å². The zero-order chi connectivity index (χ0) is 16.9. The van der Waals surface area contributed by atoms with Crippen molar-refractivity contribution in [3.63, 3.8) is 0 Å². The van der Waals surface area contributed by atoms with Gasteiger partial charge in [0.15, 0.2) is 0 Å². The summed E-state index contributed by atoms with van der Waals surface area (Å²) in [5.74, 6) is 3.13. The third-order valence-corrected chi connectivity index (χ3v) is 8.58. The quantitative estimate of drug-likeness (QED) is 0.750. The van der Waals surface area contributed by atoms with Crippen molar-refractivity contribution >= 4 is 5.97 Å². The maximum Gasteiger partial charge on any atom is 0.352 e. The predicted octanol–water partition coefficient (Wildman–Crippen LogP) is 4.63. The maximum atomic E-state index is 12.4. The van der Waals surface area contributed by atoms with Gasteiger partial charge in [-0.05, 0) is 74.0 Å². The number of hydrogen-bond acceptors (Lipinski definition) is 3. The van der Waals surface area contributed by atoms with Crippen molar-refractivity contribution < 1.29 is 9.63 Å². The molecule has 6 atom stereocenters. The summed E-state index contributed by atoms with van der Waals surface area (Å²) < 4.78 is 0. The fraction of sp³-hybridized carbons (Fsp3) is 0.857. The largest absolute Gasteiger partial charge is 0.367 e. The highest BCUT2D eigenvalue weighted by Gasteiger charge is 2.58. The molecule has 0 aromatic rings. The molecule has 0 aliphatic heterocycles. The van der Waals surface area contributed by atoms with Crippen LogP contribution in [0, 0.1) is 34.5 Å². The van der Waals surface area contributed by atoms with Crippen LogP contribution >= 0.6 is 0 Å². The van der Waals surface area contributed by atoms with E-state index in [1.165, 1.54) is 44.9 Å². The Balaban J connectivity index is 1.59. The van der Waals surface area contributed by atoms with E-state index in [1.54, 1.807) is 7.05 Å².